The molecule has 158 valence electrons. The summed E-state index contributed by atoms with van der Waals surface area (Å²) in [6.07, 6.45) is 4.80. The van der Waals surface area contributed by atoms with Crippen LogP contribution in [-0.4, -0.2) is 40.9 Å². The Morgan fingerprint density at radius 3 is 2.45 bits per heavy atom. The van der Waals surface area contributed by atoms with Gasteiger partial charge in [-0.3, -0.25) is 14.6 Å². The Balaban J connectivity index is 1.36. The molecule has 0 spiro atoms. The summed E-state index contributed by atoms with van der Waals surface area (Å²) in [5, 5.41) is 2.93. The van der Waals surface area contributed by atoms with Gasteiger partial charge in [0.15, 0.2) is 0 Å². The second kappa shape index (κ2) is 9.43. The molecule has 0 radical (unpaired) electrons. The molecule has 1 aliphatic rings. The molecule has 2 aromatic carbocycles. The van der Waals surface area contributed by atoms with Gasteiger partial charge in [0.25, 0.3) is 11.8 Å². The molecule has 1 aromatic heterocycles. The predicted octanol–water partition coefficient (Wildman–Crippen LogP) is 4.33. The van der Waals surface area contributed by atoms with Gasteiger partial charge in [0.2, 0.25) is 0 Å². The quantitative estimate of drug-likeness (QED) is 0.673. The molecular formula is C25H25N3O3. The number of pyridine rings is 1. The lowest BCUT2D eigenvalue weighted by Crippen LogP contribution is -2.41. The van der Waals surface area contributed by atoms with Crippen molar-refractivity contribution in [3.8, 4) is 5.75 Å². The van der Waals surface area contributed by atoms with Crippen molar-refractivity contribution in [2.45, 2.75) is 25.9 Å². The third kappa shape index (κ3) is 5.09. The van der Waals surface area contributed by atoms with Gasteiger partial charge < -0.3 is 15.0 Å². The van der Waals surface area contributed by atoms with Gasteiger partial charge in [0.1, 0.15) is 11.9 Å². The predicted molar refractivity (Wildman–Crippen MR) is 119 cm³/mol. The molecule has 31 heavy (non-hydrogen) atoms. The number of hydrogen-bond donors (Lipinski definition) is 1. The van der Waals surface area contributed by atoms with Crippen molar-refractivity contribution < 1.29 is 14.3 Å². The second-order valence-electron chi connectivity index (χ2n) is 7.65. The van der Waals surface area contributed by atoms with E-state index in [2.05, 4.69) is 10.3 Å². The van der Waals surface area contributed by atoms with E-state index in [1.165, 1.54) is 0 Å². The molecule has 1 N–H and O–H groups in total. The van der Waals surface area contributed by atoms with Gasteiger partial charge >= 0.3 is 0 Å². The van der Waals surface area contributed by atoms with E-state index in [-0.39, 0.29) is 17.9 Å². The third-order valence-corrected chi connectivity index (χ3v) is 5.41. The maximum Gasteiger partial charge on any atom is 0.255 e. The molecule has 0 unspecified atom stereocenters. The van der Waals surface area contributed by atoms with Crippen molar-refractivity contribution in [3.05, 3.63) is 89.7 Å². The van der Waals surface area contributed by atoms with Gasteiger partial charge in [-0.1, -0.05) is 24.3 Å². The van der Waals surface area contributed by atoms with Gasteiger partial charge in [-0.15, -0.1) is 0 Å². The maximum absolute atomic E-state index is 12.6. The van der Waals surface area contributed by atoms with Crippen LogP contribution in [-0.2, 0) is 0 Å². The highest BCUT2D eigenvalue weighted by atomic mass is 16.5. The smallest absolute Gasteiger partial charge is 0.255 e. The van der Waals surface area contributed by atoms with Crippen LogP contribution in [0.1, 0.15) is 39.1 Å². The number of benzene rings is 2. The van der Waals surface area contributed by atoms with E-state index < -0.39 is 0 Å². The number of rotatable bonds is 5. The second-order valence-corrected chi connectivity index (χ2v) is 7.65. The van der Waals surface area contributed by atoms with E-state index >= 15 is 0 Å². The summed E-state index contributed by atoms with van der Waals surface area (Å²) in [4.78, 5) is 30.9. The van der Waals surface area contributed by atoms with Crippen LogP contribution in [0.4, 0.5) is 5.69 Å². The number of aromatic nitrogens is 1. The van der Waals surface area contributed by atoms with Crippen molar-refractivity contribution in [2.24, 2.45) is 0 Å². The number of anilines is 1. The van der Waals surface area contributed by atoms with Crippen LogP contribution < -0.4 is 10.1 Å². The van der Waals surface area contributed by atoms with Gasteiger partial charge in [-0.2, -0.15) is 0 Å². The van der Waals surface area contributed by atoms with Gasteiger partial charge in [0.05, 0.1) is 5.56 Å². The van der Waals surface area contributed by atoms with Crippen molar-refractivity contribution in [1.29, 1.82) is 0 Å². The summed E-state index contributed by atoms with van der Waals surface area (Å²) in [5.41, 5.74) is 2.92. The minimum absolute atomic E-state index is 0.00773. The molecule has 4 rings (SSSR count). The minimum Gasteiger partial charge on any atom is -0.490 e. The lowest BCUT2D eigenvalue weighted by atomic mass is 10.1. The number of carbonyl (C=O) groups is 2. The molecule has 1 saturated heterocycles. The fourth-order valence-corrected chi connectivity index (χ4v) is 3.63. The number of hydrogen-bond acceptors (Lipinski definition) is 4. The number of amides is 2. The summed E-state index contributed by atoms with van der Waals surface area (Å²) in [6, 6.07) is 18.4. The molecule has 2 heterocycles. The number of nitrogens with one attached hydrogen (secondary N) is 1. The Labute approximate surface area is 181 Å². The van der Waals surface area contributed by atoms with Gasteiger partial charge in [0, 0.05) is 55.6 Å². The molecule has 1 fully saturated rings. The maximum atomic E-state index is 12.6. The number of carbonyl (C=O) groups excluding carboxylic acids is 2. The summed E-state index contributed by atoms with van der Waals surface area (Å²) in [5.74, 6) is 0.605. The van der Waals surface area contributed by atoms with Crippen LogP contribution >= 0.6 is 0 Å². The van der Waals surface area contributed by atoms with Crippen molar-refractivity contribution in [3.63, 3.8) is 0 Å². The zero-order valence-corrected chi connectivity index (χ0v) is 17.5. The fraction of sp³-hybridized carbons (Fsp3) is 0.240. The molecule has 1 aliphatic heterocycles. The number of likely N-dealkylation sites (tertiary alicyclic amines) is 1. The van der Waals surface area contributed by atoms with Crippen molar-refractivity contribution >= 4 is 17.5 Å². The van der Waals surface area contributed by atoms with Crippen LogP contribution in [0.3, 0.4) is 0 Å². The molecule has 3 aromatic rings. The molecule has 0 bridgehead atoms. The largest absolute Gasteiger partial charge is 0.490 e. The van der Waals surface area contributed by atoms with Crippen LogP contribution in [0.15, 0.2) is 73.1 Å². The standard InChI is InChI=1S/C25H25N3O3/c1-18-9-10-21(27-24(29)19-6-3-2-4-7-19)16-23(18)31-22-11-14-28(15-12-22)25(30)20-8-5-13-26-17-20/h2-10,13,16-17,22H,11-12,14-15H2,1H3,(H,27,29). The fourth-order valence-electron chi connectivity index (χ4n) is 3.63. The Morgan fingerprint density at radius 1 is 1.00 bits per heavy atom. The number of ether oxygens (including phenoxy) is 1. The van der Waals surface area contributed by atoms with E-state index in [9.17, 15) is 9.59 Å². The average molecular weight is 415 g/mol. The van der Waals surface area contributed by atoms with E-state index in [4.69, 9.17) is 4.74 Å². The van der Waals surface area contributed by atoms with E-state index in [0.29, 0.717) is 29.9 Å². The highest BCUT2D eigenvalue weighted by Gasteiger charge is 2.25. The summed E-state index contributed by atoms with van der Waals surface area (Å²) >= 11 is 0. The highest BCUT2D eigenvalue weighted by molar-refractivity contribution is 6.04. The SMILES string of the molecule is Cc1ccc(NC(=O)c2ccccc2)cc1OC1CCN(C(=O)c2cccnc2)CC1. The zero-order chi connectivity index (χ0) is 21.6. The first-order valence-corrected chi connectivity index (χ1v) is 10.4. The Morgan fingerprint density at radius 2 is 1.74 bits per heavy atom. The summed E-state index contributed by atoms with van der Waals surface area (Å²) < 4.78 is 6.25. The number of piperidine rings is 1. The highest BCUT2D eigenvalue weighted by Crippen LogP contribution is 2.27. The van der Waals surface area contributed by atoms with Crippen LogP contribution in [0, 0.1) is 6.92 Å². The third-order valence-electron chi connectivity index (χ3n) is 5.41. The lowest BCUT2D eigenvalue weighted by molar-refractivity contribution is 0.0594. The van der Waals surface area contributed by atoms with E-state index in [1.54, 1.807) is 36.7 Å². The topological polar surface area (TPSA) is 71.5 Å². The molecule has 6 heteroatoms. The molecule has 0 atom stereocenters. The summed E-state index contributed by atoms with van der Waals surface area (Å²) in [6.45, 7) is 3.27. The van der Waals surface area contributed by atoms with Gasteiger partial charge in [-0.05, 0) is 42.8 Å². The number of nitrogens with zero attached hydrogens (tertiary/aromatic N) is 2. The first-order valence-electron chi connectivity index (χ1n) is 10.4. The molecule has 2 amide bonds. The molecule has 0 aliphatic carbocycles. The lowest BCUT2D eigenvalue weighted by Gasteiger charge is -2.32. The van der Waals surface area contributed by atoms with Crippen LogP contribution in [0.5, 0.6) is 5.75 Å². The first-order chi connectivity index (χ1) is 15.1. The van der Waals surface area contributed by atoms with Crippen LogP contribution in [0.2, 0.25) is 0 Å². The average Bonchev–Trinajstić information content (AvgIpc) is 2.82. The van der Waals surface area contributed by atoms with Gasteiger partial charge in [-0.25, -0.2) is 0 Å². The molecule has 6 nitrogen and oxygen atoms in total. The summed E-state index contributed by atoms with van der Waals surface area (Å²) in [7, 11) is 0. The minimum atomic E-state index is -0.155. The Kier molecular flexibility index (Phi) is 6.26. The van der Waals surface area contributed by atoms with Crippen molar-refractivity contribution in [1.82, 2.24) is 9.88 Å². The monoisotopic (exact) mass is 415 g/mol. The molecule has 0 saturated carbocycles. The zero-order valence-electron chi connectivity index (χ0n) is 17.5. The van der Waals surface area contributed by atoms with E-state index in [0.717, 1.165) is 24.2 Å². The Bertz CT molecular complexity index is 1050. The van der Waals surface area contributed by atoms with Crippen LogP contribution in [0.25, 0.3) is 0 Å². The Hall–Kier alpha value is -3.67. The number of aryl methyl sites for hydroxylation is 1. The normalized spacial score (nSPS) is 14.2. The van der Waals surface area contributed by atoms with E-state index in [1.807, 2.05) is 48.2 Å². The molecular weight excluding hydrogens is 390 g/mol. The first kappa shape index (κ1) is 20.6. The van der Waals surface area contributed by atoms with Crippen molar-refractivity contribution in [2.75, 3.05) is 18.4 Å².